The molecule has 1 amide bonds. The number of halogens is 1. The molecule has 0 fully saturated rings. The Morgan fingerprint density at radius 2 is 2.24 bits per heavy atom. The first-order valence-electron chi connectivity index (χ1n) is 6.16. The van der Waals surface area contributed by atoms with Crippen LogP contribution in [-0.4, -0.2) is 18.0 Å². The molecular weight excluding hydrogens is 275 g/mol. The molecule has 1 heterocycles. The molecule has 0 aliphatic carbocycles. The average Bonchev–Trinajstić information content (AvgIpc) is 2.48. The summed E-state index contributed by atoms with van der Waals surface area (Å²) in [6.07, 6.45) is 1.30. The second-order valence-corrected chi connectivity index (χ2v) is 4.25. The highest BCUT2D eigenvalue weighted by atomic mass is 19.1. The SMILES string of the molecule is COCc1cccc(NC(=O)c2ccnc(NN)c2F)c1. The number of pyridine rings is 1. The summed E-state index contributed by atoms with van der Waals surface area (Å²) in [6.45, 7) is 0.425. The van der Waals surface area contributed by atoms with Gasteiger partial charge in [-0.1, -0.05) is 12.1 Å². The lowest BCUT2D eigenvalue weighted by atomic mass is 10.2. The van der Waals surface area contributed by atoms with Crippen molar-refractivity contribution in [3.05, 3.63) is 53.5 Å². The van der Waals surface area contributed by atoms with E-state index in [0.29, 0.717) is 12.3 Å². The van der Waals surface area contributed by atoms with Gasteiger partial charge in [0.05, 0.1) is 12.2 Å². The van der Waals surface area contributed by atoms with Gasteiger partial charge in [-0.2, -0.15) is 0 Å². The van der Waals surface area contributed by atoms with Crippen molar-refractivity contribution in [2.45, 2.75) is 6.61 Å². The van der Waals surface area contributed by atoms with Crippen LogP contribution >= 0.6 is 0 Å². The van der Waals surface area contributed by atoms with Crippen LogP contribution in [0.25, 0.3) is 0 Å². The number of benzene rings is 1. The predicted molar refractivity (Wildman–Crippen MR) is 77.1 cm³/mol. The summed E-state index contributed by atoms with van der Waals surface area (Å²) in [7, 11) is 1.58. The number of nitrogens with two attached hydrogens (primary N) is 1. The average molecular weight is 290 g/mol. The van der Waals surface area contributed by atoms with Crippen LogP contribution in [0.15, 0.2) is 36.5 Å². The number of amides is 1. The zero-order valence-corrected chi connectivity index (χ0v) is 11.4. The summed E-state index contributed by atoms with van der Waals surface area (Å²) in [5.41, 5.74) is 3.40. The molecule has 6 nitrogen and oxygen atoms in total. The predicted octanol–water partition coefficient (Wildman–Crippen LogP) is 1.91. The van der Waals surface area contributed by atoms with Crippen LogP contribution in [0.3, 0.4) is 0 Å². The van der Waals surface area contributed by atoms with E-state index in [1.807, 2.05) is 6.07 Å². The first-order chi connectivity index (χ1) is 10.2. The highest BCUT2D eigenvalue weighted by Crippen LogP contribution is 2.17. The number of methoxy groups -OCH3 is 1. The van der Waals surface area contributed by atoms with Gasteiger partial charge in [0.1, 0.15) is 0 Å². The van der Waals surface area contributed by atoms with E-state index in [-0.39, 0.29) is 11.4 Å². The Labute approximate surface area is 121 Å². The van der Waals surface area contributed by atoms with Gasteiger partial charge in [0.15, 0.2) is 11.6 Å². The first-order valence-corrected chi connectivity index (χ1v) is 6.16. The highest BCUT2D eigenvalue weighted by Gasteiger charge is 2.15. The van der Waals surface area contributed by atoms with E-state index >= 15 is 0 Å². The van der Waals surface area contributed by atoms with E-state index in [9.17, 15) is 9.18 Å². The number of hydrazine groups is 1. The molecule has 0 saturated carbocycles. The van der Waals surface area contributed by atoms with Crippen molar-refractivity contribution in [1.29, 1.82) is 0 Å². The summed E-state index contributed by atoms with van der Waals surface area (Å²) in [6, 6.07) is 8.38. The molecule has 1 aromatic heterocycles. The number of carbonyl (C=O) groups is 1. The van der Waals surface area contributed by atoms with Crippen LogP contribution in [0.2, 0.25) is 0 Å². The molecule has 21 heavy (non-hydrogen) atoms. The van der Waals surface area contributed by atoms with Gasteiger partial charge in [-0.05, 0) is 23.8 Å². The van der Waals surface area contributed by atoms with E-state index in [1.54, 1.807) is 25.3 Å². The standard InChI is InChI=1S/C14H15FN4O2/c1-21-8-9-3-2-4-10(7-9)18-14(20)11-5-6-17-13(19-16)12(11)15/h2-7H,8,16H2,1H3,(H,17,19)(H,18,20). The summed E-state index contributed by atoms with van der Waals surface area (Å²) in [5, 5.41) is 2.62. The Bertz CT molecular complexity index is 649. The van der Waals surface area contributed by atoms with Gasteiger partial charge in [0.25, 0.3) is 5.91 Å². The van der Waals surface area contributed by atoms with Gasteiger partial charge in [-0.3, -0.25) is 4.79 Å². The third-order valence-corrected chi connectivity index (χ3v) is 2.77. The molecule has 0 aliphatic heterocycles. The quantitative estimate of drug-likeness (QED) is 0.578. The van der Waals surface area contributed by atoms with Crippen LogP contribution in [-0.2, 0) is 11.3 Å². The van der Waals surface area contributed by atoms with Gasteiger partial charge in [-0.25, -0.2) is 15.2 Å². The van der Waals surface area contributed by atoms with Gasteiger partial charge in [0.2, 0.25) is 0 Å². The van der Waals surface area contributed by atoms with Crippen molar-refractivity contribution in [2.24, 2.45) is 5.84 Å². The van der Waals surface area contributed by atoms with Gasteiger partial charge < -0.3 is 15.5 Å². The van der Waals surface area contributed by atoms with Crippen LogP contribution in [0, 0.1) is 5.82 Å². The summed E-state index contributed by atoms with van der Waals surface area (Å²) in [5.74, 6) is 3.56. The van der Waals surface area contributed by atoms with Crippen molar-refractivity contribution < 1.29 is 13.9 Å². The van der Waals surface area contributed by atoms with Crippen LogP contribution < -0.4 is 16.6 Å². The smallest absolute Gasteiger partial charge is 0.258 e. The zero-order chi connectivity index (χ0) is 15.2. The molecule has 2 rings (SSSR count). The van der Waals surface area contributed by atoms with E-state index < -0.39 is 11.7 Å². The van der Waals surface area contributed by atoms with Gasteiger partial charge in [0, 0.05) is 19.0 Å². The maximum atomic E-state index is 13.9. The molecule has 2 aromatic rings. The van der Waals surface area contributed by atoms with E-state index in [1.165, 1.54) is 12.3 Å². The molecule has 1 aromatic carbocycles. The Hall–Kier alpha value is -2.51. The van der Waals surface area contributed by atoms with Crippen molar-refractivity contribution >= 4 is 17.4 Å². The van der Waals surface area contributed by atoms with Gasteiger partial charge >= 0.3 is 0 Å². The monoisotopic (exact) mass is 290 g/mol. The van der Waals surface area contributed by atoms with Crippen LogP contribution in [0.5, 0.6) is 0 Å². The number of anilines is 2. The summed E-state index contributed by atoms with van der Waals surface area (Å²) >= 11 is 0. The zero-order valence-electron chi connectivity index (χ0n) is 11.4. The fourth-order valence-corrected chi connectivity index (χ4v) is 1.82. The number of nitrogen functional groups attached to an aromatic ring is 1. The second-order valence-electron chi connectivity index (χ2n) is 4.25. The third-order valence-electron chi connectivity index (χ3n) is 2.77. The number of hydrogen-bond donors (Lipinski definition) is 3. The van der Waals surface area contributed by atoms with Crippen molar-refractivity contribution in [2.75, 3.05) is 17.9 Å². The first kappa shape index (κ1) is 14.9. The molecule has 0 unspecified atom stereocenters. The maximum Gasteiger partial charge on any atom is 0.258 e. The minimum Gasteiger partial charge on any atom is -0.380 e. The minimum absolute atomic E-state index is 0.143. The number of carbonyl (C=O) groups excluding carboxylic acids is 1. The molecule has 4 N–H and O–H groups in total. The normalized spacial score (nSPS) is 10.2. The number of nitrogens with zero attached hydrogens (tertiary/aromatic N) is 1. The molecule has 0 spiro atoms. The Morgan fingerprint density at radius 3 is 2.95 bits per heavy atom. The molecule has 110 valence electrons. The largest absolute Gasteiger partial charge is 0.380 e. The minimum atomic E-state index is -0.800. The fraction of sp³-hybridized carbons (Fsp3) is 0.143. The van der Waals surface area contributed by atoms with Crippen LogP contribution in [0.4, 0.5) is 15.9 Å². The third kappa shape index (κ3) is 3.53. The topological polar surface area (TPSA) is 89.3 Å². The van der Waals surface area contributed by atoms with E-state index in [4.69, 9.17) is 10.6 Å². The Morgan fingerprint density at radius 1 is 1.43 bits per heavy atom. The molecular formula is C14H15FN4O2. The van der Waals surface area contributed by atoms with Crippen molar-refractivity contribution in [3.8, 4) is 0 Å². The molecule has 0 aliphatic rings. The summed E-state index contributed by atoms with van der Waals surface area (Å²) < 4.78 is 19.0. The number of aromatic nitrogens is 1. The lowest BCUT2D eigenvalue weighted by molar-refractivity contribution is 0.102. The Kier molecular flexibility index (Phi) is 4.81. The molecule has 0 atom stereocenters. The van der Waals surface area contributed by atoms with Gasteiger partial charge in [-0.15, -0.1) is 0 Å². The van der Waals surface area contributed by atoms with Crippen molar-refractivity contribution in [1.82, 2.24) is 4.98 Å². The molecule has 0 bridgehead atoms. The fourth-order valence-electron chi connectivity index (χ4n) is 1.82. The summed E-state index contributed by atoms with van der Waals surface area (Å²) in [4.78, 5) is 15.8. The van der Waals surface area contributed by atoms with Crippen LogP contribution in [0.1, 0.15) is 15.9 Å². The molecule has 0 radical (unpaired) electrons. The lowest BCUT2D eigenvalue weighted by Gasteiger charge is -2.09. The second kappa shape index (κ2) is 6.78. The number of ether oxygens (including phenoxy) is 1. The number of rotatable bonds is 5. The maximum absolute atomic E-state index is 13.9. The molecule has 0 saturated heterocycles. The number of hydrogen-bond acceptors (Lipinski definition) is 5. The van der Waals surface area contributed by atoms with Crippen molar-refractivity contribution in [3.63, 3.8) is 0 Å². The van der Waals surface area contributed by atoms with E-state index in [2.05, 4.69) is 15.7 Å². The number of nitrogens with one attached hydrogen (secondary N) is 2. The van der Waals surface area contributed by atoms with E-state index in [0.717, 1.165) is 5.56 Å². The lowest BCUT2D eigenvalue weighted by Crippen LogP contribution is -2.17. The Balaban J connectivity index is 2.20. The highest BCUT2D eigenvalue weighted by molar-refractivity contribution is 6.04. The molecule has 7 heteroatoms.